The predicted octanol–water partition coefficient (Wildman–Crippen LogP) is 4.15. The maximum Gasteiger partial charge on any atom is 0.165 e. The Morgan fingerprint density at radius 3 is 2.73 bits per heavy atom. The number of ether oxygens (including phenoxy) is 1. The van der Waals surface area contributed by atoms with Gasteiger partial charge in [-0.2, -0.15) is 0 Å². The maximum absolute atomic E-state index is 13.8. The van der Waals surface area contributed by atoms with Crippen LogP contribution in [0.1, 0.15) is 29.0 Å². The van der Waals surface area contributed by atoms with Crippen LogP contribution in [0.5, 0.6) is 5.75 Å². The molecule has 1 aliphatic carbocycles. The summed E-state index contributed by atoms with van der Waals surface area (Å²) in [4.78, 5) is 11.6. The third-order valence-corrected chi connectivity index (χ3v) is 4.14. The van der Waals surface area contributed by atoms with E-state index in [4.69, 9.17) is 4.74 Å². The van der Waals surface area contributed by atoms with Crippen LogP contribution in [-0.4, -0.2) is 13.4 Å². The third kappa shape index (κ3) is 2.67. The molecule has 0 fully saturated rings. The lowest BCUT2D eigenvalue weighted by Crippen LogP contribution is -2.13. The van der Waals surface area contributed by atoms with Crippen molar-refractivity contribution >= 4 is 12.4 Å². The van der Waals surface area contributed by atoms with Crippen LogP contribution < -0.4 is 4.74 Å². The lowest BCUT2D eigenvalue weighted by atomic mass is 9.79. The second-order valence-electron chi connectivity index (χ2n) is 5.43. The van der Waals surface area contributed by atoms with Crippen LogP contribution in [0, 0.1) is 5.82 Å². The van der Waals surface area contributed by atoms with Gasteiger partial charge in [0.05, 0.1) is 13.0 Å². The first-order chi connectivity index (χ1) is 10.7. The average Bonchev–Trinajstić information content (AvgIpc) is 2.55. The van der Waals surface area contributed by atoms with Gasteiger partial charge in [0.25, 0.3) is 0 Å². The molecule has 1 unspecified atom stereocenters. The minimum atomic E-state index is -0.393. The van der Waals surface area contributed by atoms with Gasteiger partial charge in [-0.3, -0.25) is 0 Å². The summed E-state index contributed by atoms with van der Waals surface area (Å²) >= 11 is 0. The molecule has 2 nitrogen and oxygen atoms in total. The Morgan fingerprint density at radius 2 is 2.00 bits per heavy atom. The molecule has 22 heavy (non-hydrogen) atoms. The Balaban J connectivity index is 1.98. The number of benzene rings is 2. The van der Waals surface area contributed by atoms with Gasteiger partial charge in [0.1, 0.15) is 6.29 Å². The molecule has 3 heteroatoms. The normalized spacial score (nSPS) is 18.8. The van der Waals surface area contributed by atoms with E-state index in [0.29, 0.717) is 0 Å². The highest BCUT2D eigenvalue weighted by atomic mass is 19.1. The zero-order valence-corrected chi connectivity index (χ0v) is 12.4. The van der Waals surface area contributed by atoms with Gasteiger partial charge in [0, 0.05) is 0 Å². The van der Waals surface area contributed by atoms with E-state index in [9.17, 15) is 9.18 Å². The quantitative estimate of drug-likeness (QED) is 0.795. The summed E-state index contributed by atoms with van der Waals surface area (Å²) in [6.07, 6.45) is 4.61. The molecule has 0 N–H and O–H groups in total. The lowest BCUT2D eigenvalue weighted by molar-refractivity contribution is -0.108. The van der Waals surface area contributed by atoms with Crippen molar-refractivity contribution in [2.45, 2.75) is 18.8 Å². The number of aldehydes is 1. The molecule has 0 radical (unpaired) electrons. The standard InChI is InChI=1S/C19H17FO2/c1-22-19-9-6-13(11-18(19)20)10-15-8-7-14-4-2-3-5-16(14)17(15)12-21/h2-6,9-12,17H,7-8H2,1H3. The molecule has 0 amide bonds. The summed E-state index contributed by atoms with van der Waals surface area (Å²) in [6, 6.07) is 12.9. The van der Waals surface area contributed by atoms with Crippen molar-refractivity contribution in [3.8, 4) is 5.75 Å². The van der Waals surface area contributed by atoms with E-state index in [2.05, 4.69) is 6.07 Å². The second kappa shape index (κ2) is 6.14. The Hall–Kier alpha value is -2.42. The smallest absolute Gasteiger partial charge is 0.165 e. The molecule has 112 valence electrons. The highest BCUT2D eigenvalue weighted by molar-refractivity contribution is 5.74. The van der Waals surface area contributed by atoms with Gasteiger partial charge in [-0.15, -0.1) is 0 Å². The molecule has 0 aromatic heterocycles. The van der Waals surface area contributed by atoms with Gasteiger partial charge < -0.3 is 9.53 Å². The van der Waals surface area contributed by atoms with E-state index in [1.54, 1.807) is 12.1 Å². The minimum absolute atomic E-state index is 0.225. The van der Waals surface area contributed by atoms with Crippen molar-refractivity contribution in [2.24, 2.45) is 0 Å². The molecule has 2 aromatic rings. The summed E-state index contributed by atoms with van der Waals surface area (Å²) in [5.41, 5.74) is 4.06. The van der Waals surface area contributed by atoms with Crippen molar-refractivity contribution < 1.29 is 13.9 Å². The fourth-order valence-corrected chi connectivity index (χ4v) is 3.01. The van der Waals surface area contributed by atoms with Gasteiger partial charge in [-0.25, -0.2) is 4.39 Å². The zero-order valence-electron chi connectivity index (χ0n) is 12.4. The molecule has 0 aliphatic heterocycles. The van der Waals surface area contributed by atoms with Crippen molar-refractivity contribution in [1.82, 2.24) is 0 Å². The number of fused-ring (bicyclic) bond motifs is 1. The van der Waals surface area contributed by atoms with Crippen LogP contribution >= 0.6 is 0 Å². The summed E-state index contributed by atoms with van der Waals surface area (Å²) < 4.78 is 18.7. The number of aryl methyl sites for hydroxylation is 1. The van der Waals surface area contributed by atoms with Crippen molar-refractivity contribution in [1.29, 1.82) is 0 Å². The van der Waals surface area contributed by atoms with Crippen LogP contribution in [0.3, 0.4) is 0 Å². The van der Waals surface area contributed by atoms with E-state index in [0.717, 1.165) is 35.8 Å². The number of carbonyl (C=O) groups is 1. The molecule has 0 saturated carbocycles. The van der Waals surface area contributed by atoms with E-state index >= 15 is 0 Å². The van der Waals surface area contributed by atoms with Gasteiger partial charge in [-0.1, -0.05) is 42.0 Å². The van der Waals surface area contributed by atoms with E-state index in [1.807, 2.05) is 24.3 Å². The summed E-state index contributed by atoms with van der Waals surface area (Å²) in [5, 5.41) is 0. The van der Waals surface area contributed by atoms with Crippen molar-refractivity contribution in [3.63, 3.8) is 0 Å². The molecule has 0 bridgehead atoms. The molecule has 0 heterocycles. The van der Waals surface area contributed by atoms with Crippen LogP contribution in [0.4, 0.5) is 4.39 Å². The monoisotopic (exact) mass is 296 g/mol. The van der Waals surface area contributed by atoms with Crippen molar-refractivity contribution in [3.05, 3.63) is 70.5 Å². The number of methoxy groups -OCH3 is 1. The number of hydrogen-bond acceptors (Lipinski definition) is 2. The average molecular weight is 296 g/mol. The largest absolute Gasteiger partial charge is 0.494 e. The highest BCUT2D eigenvalue weighted by Gasteiger charge is 2.23. The maximum atomic E-state index is 13.8. The molecule has 0 spiro atoms. The first kappa shape index (κ1) is 14.5. The number of carbonyl (C=O) groups excluding carboxylic acids is 1. The van der Waals surface area contributed by atoms with Crippen LogP contribution in [0.15, 0.2) is 48.0 Å². The van der Waals surface area contributed by atoms with Crippen LogP contribution in [0.25, 0.3) is 6.08 Å². The summed E-state index contributed by atoms with van der Waals surface area (Å²) in [5.74, 6) is -0.408. The summed E-state index contributed by atoms with van der Waals surface area (Å²) in [6.45, 7) is 0. The topological polar surface area (TPSA) is 26.3 Å². The van der Waals surface area contributed by atoms with Gasteiger partial charge in [-0.05, 0) is 41.7 Å². The zero-order chi connectivity index (χ0) is 15.5. The molecular formula is C19H17FO2. The fraction of sp³-hybridized carbons (Fsp3) is 0.211. The molecule has 0 saturated heterocycles. The van der Waals surface area contributed by atoms with E-state index < -0.39 is 5.82 Å². The van der Waals surface area contributed by atoms with Crippen LogP contribution in [0.2, 0.25) is 0 Å². The number of halogens is 1. The minimum Gasteiger partial charge on any atom is -0.494 e. The second-order valence-corrected chi connectivity index (χ2v) is 5.43. The Morgan fingerprint density at radius 1 is 1.18 bits per heavy atom. The Kier molecular flexibility index (Phi) is 4.05. The molecule has 1 atom stereocenters. The fourth-order valence-electron chi connectivity index (χ4n) is 3.01. The number of allylic oxidation sites excluding steroid dienone is 1. The van der Waals surface area contributed by atoms with E-state index in [1.165, 1.54) is 18.7 Å². The highest BCUT2D eigenvalue weighted by Crippen LogP contribution is 2.35. The first-order valence-electron chi connectivity index (χ1n) is 7.30. The molecule has 3 rings (SSSR count). The molecule has 1 aliphatic rings. The first-order valence-corrected chi connectivity index (χ1v) is 7.30. The summed E-state index contributed by atoms with van der Waals surface area (Å²) in [7, 11) is 1.44. The van der Waals surface area contributed by atoms with Crippen LogP contribution in [-0.2, 0) is 11.2 Å². The Labute approximate surface area is 129 Å². The van der Waals surface area contributed by atoms with Gasteiger partial charge in [0.2, 0.25) is 0 Å². The Bertz CT molecular complexity index is 734. The predicted molar refractivity (Wildman–Crippen MR) is 84.5 cm³/mol. The lowest BCUT2D eigenvalue weighted by Gasteiger charge is -2.24. The molecular weight excluding hydrogens is 279 g/mol. The number of hydrogen-bond donors (Lipinski definition) is 0. The van der Waals surface area contributed by atoms with Crippen molar-refractivity contribution in [2.75, 3.05) is 7.11 Å². The van der Waals surface area contributed by atoms with Gasteiger partial charge in [0.15, 0.2) is 11.6 Å². The van der Waals surface area contributed by atoms with Gasteiger partial charge >= 0.3 is 0 Å². The third-order valence-electron chi connectivity index (χ3n) is 4.14. The molecule has 2 aromatic carbocycles. The van der Waals surface area contributed by atoms with E-state index in [-0.39, 0.29) is 11.7 Å². The number of rotatable bonds is 3. The SMILES string of the molecule is COc1ccc(C=C2CCc3ccccc3C2C=O)cc1F.